The molecule has 0 heterocycles. The van der Waals surface area contributed by atoms with E-state index in [9.17, 15) is 5.11 Å². The number of phenolic OH excluding ortho intramolecular Hbond substituents is 1. The number of halogens is 5. The van der Waals surface area contributed by atoms with Crippen LogP contribution in [0.1, 0.15) is 0 Å². The normalized spacial score (nSPS) is 9.62. The van der Waals surface area contributed by atoms with Crippen molar-refractivity contribution in [3.8, 4) is 5.75 Å². The molecule has 1 aromatic rings. The van der Waals surface area contributed by atoms with Gasteiger partial charge in [0.2, 0.25) is 0 Å². The molecule has 0 fully saturated rings. The Hall–Kier alpha value is 1.35. The Kier molecular flexibility index (Phi) is 6.01. The minimum absolute atomic E-state index is 0. The van der Waals surface area contributed by atoms with Crippen LogP contribution in [0.25, 0.3) is 0 Å². The van der Waals surface area contributed by atoms with Crippen molar-refractivity contribution < 1.29 is 31.3 Å². The average molecular weight is 358 g/mol. The van der Waals surface area contributed by atoms with Crippen molar-refractivity contribution in [3.05, 3.63) is 25.1 Å². The molecule has 0 saturated heterocycles. The summed E-state index contributed by atoms with van der Waals surface area (Å²) in [5.41, 5.74) is 0. The largest absolute Gasteiger partial charge is 0.505 e. The van der Waals surface area contributed by atoms with E-state index in [1.807, 2.05) is 0 Å². The Morgan fingerprint density at radius 3 is 1.15 bits per heavy atom. The molecule has 1 nitrogen and oxygen atoms in total. The van der Waals surface area contributed by atoms with Gasteiger partial charge in [-0.15, -0.1) is 0 Å². The van der Waals surface area contributed by atoms with Gasteiger partial charge >= 0.3 is 0 Å². The molecule has 0 aromatic heterocycles. The fourth-order valence-electron chi connectivity index (χ4n) is 0.593. The van der Waals surface area contributed by atoms with Gasteiger partial charge in [0.05, 0.1) is 15.1 Å². The zero-order chi connectivity index (χ0) is 9.46. The number of rotatable bonds is 0. The summed E-state index contributed by atoms with van der Waals surface area (Å²) in [5, 5.41) is 9.01. The summed E-state index contributed by atoms with van der Waals surface area (Å²) < 4.78 is 0. The zero-order valence-corrected chi connectivity index (χ0v) is 12.1. The molecule has 0 bridgehead atoms. The van der Waals surface area contributed by atoms with E-state index in [-0.39, 0.29) is 57.1 Å². The van der Waals surface area contributed by atoms with Crippen LogP contribution in [0.3, 0.4) is 0 Å². The molecular weight excluding hydrogens is 357 g/mol. The van der Waals surface area contributed by atoms with Crippen LogP contribution in [-0.2, 0) is 26.2 Å². The van der Waals surface area contributed by atoms with Crippen LogP contribution in [0.4, 0.5) is 0 Å². The van der Waals surface area contributed by atoms with E-state index >= 15 is 0 Å². The van der Waals surface area contributed by atoms with E-state index in [1.54, 1.807) is 0 Å². The van der Waals surface area contributed by atoms with E-state index in [2.05, 4.69) is 0 Å². The number of phenols is 1. The van der Waals surface area contributed by atoms with Crippen LogP contribution in [0, 0.1) is 0 Å². The van der Waals surface area contributed by atoms with Crippen molar-refractivity contribution in [3.63, 3.8) is 0 Å². The van der Waals surface area contributed by atoms with E-state index in [1.165, 1.54) is 0 Å². The van der Waals surface area contributed by atoms with Gasteiger partial charge in [0.25, 0.3) is 0 Å². The van der Waals surface area contributed by atoms with Crippen LogP contribution in [-0.4, -0.2) is 5.11 Å². The van der Waals surface area contributed by atoms with Gasteiger partial charge in [0.15, 0.2) is 5.75 Å². The molecule has 1 rings (SSSR count). The first-order valence-electron chi connectivity index (χ1n) is 2.67. The smallest absolute Gasteiger partial charge is 0.155 e. The van der Waals surface area contributed by atoms with Crippen molar-refractivity contribution in [2.24, 2.45) is 0 Å². The summed E-state index contributed by atoms with van der Waals surface area (Å²) in [4.78, 5) is 0. The number of benzene rings is 1. The monoisotopic (exact) mass is 354 g/mol. The SMILES string of the molecule is Oc1c(Cl)c(Cl)c(Cl)c(Cl)c1Cl.[Zr]. The summed E-state index contributed by atoms with van der Waals surface area (Å²) in [7, 11) is 0. The summed E-state index contributed by atoms with van der Waals surface area (Å²) in [6, 6.07) is 0. The molecule has 0 amide bonds. The molecule has 7 heteroatoms. The van der Waals surface area contributed by atoms with E-state index in [0.717, 1.165) is 0 Å². The second-order valence-corrected chi connectivity index (χ2v) is 3.81. The third-order valence-corrected chi connectivity index (χ3v) is 3.44. The standard InChI is InChI=1S/C6HCl5O.Zr/c7-1-2(8)4(10)6(12)5(11)3(1)9;/h12H;. The van der Waals surface area contributed by atoms with Crippen LogP contribution in [0.5, 0.6) is 5.75 Å². The Labute approximate surface area is 119 Å². The molecule has 0 atom stereocenters. The number of aromatic hydroxyl groups is 1. The Balaban J connectivity index is 0.00000144. The van der Waals surface area contributed by atoms with Crippen molar-refractivity contribution in [1.82, 2.24) is 0 Å². The molecule has 0 saturated carbocycles. The molecule has 13 heavy (non-hydrogen) atoms. The Morgan fingerprint density at radius 1 is 0.615 bits per heavy atom. The Bertz CT molecular complexity index is 235. The van der Waals surface area contributed by atoms with Gasteiger partial charge in [-0.3, -0.25) is 0 Å². The first-order chi connectivity index (χ1) is 5.46. The van der Waals surface area contributed by atoms with Crippen LogP contribution in [0.2, 0.25) is 25.1 Å². The third kappa shape index (κ3) is 2.68. The van der Waals surface area contributed by atoms with Crippen LogP contribution >= 0.6 is 58.0 Å². The van der Waals surface area contributed by atoms with Gasteiger partial charge < -0.3 is 5.11 Å². The molecular formula is C6HCl5OZr. The second kappa shape index (κ2) is 5.44. The molecule has 1 aromatic carbocycles. The van der Waals surface area contributed by atoms with Crippen LogP contribution < -0.4 is 0 Å². The molecule has 0 radical (unpaired) electrons. The van der Waals surface area contributed by atoms with Gasteiger partial charge in [-0.05, 0) is 0 Å². The predicted octanol–water partition coefficient (Wildman–Crippen LogP) is 4.66. The van der Waals surface area contributed by atoms with Gasteiger partial charge in [0.1, 0.15) is 10.0 Å². The maximum atomic E-state index is 9.20. The van der Waals surface area contributed by atoms with E-state index in [4.69, 9.17) is 58.0 Å². The number of hydrogen-bond acceptors (Lipinski definition) is 1. The first kappa shape index (κ1) is 14.4. The summed E-state index contributed by atoms with van der Waals surface area (Å²) in [6.45, 7) is 0. The summed E-state index contributed by atoms with van der Waals surface area (Å²) >= 11 is 27.9. The van der Waals surface area contributed by atoms with Gasteiger partial charge in [-0.2, -0.15) is 0 Å². The molecule has 70 valence electrons. The maximum Gasteiger partial charge on any atom is 0.155 e. The Morgan fingerprint density at radius 2 is 0.846 bits per heavy atom. The third-order valence-electron chi connectivity index (χ3n) is 1.19. The van der Waals surface area contributed by atoms with E-state index in [0.29, 0.717) is 0 Å². The summed E-state index contributed by atoms with van der Waals surface area (Å²) in [6.07, 6.45) is 0. The fraction of sp³-hybridized carbons (Fsp3) is 0. The maximum absolute atomic E-state index is 9.20. The topological polar surface area (TPSA) is 20.2 Å². The van der Waals surface area contributed by atoms with Gasteiger partial charge in [-0.25, -0.2) is 0 Å². The van der Waals surface area contributed by atoms with E-state index < -0.39 is 0 Å². The zero-order valence-electron chi connectivity index (χ0n) is 5.84. The summed E-state index contributed by atoms with van der Waals surface area (Å²) in [5.74, 6) is -0.363. The predicted molar refractivity (Wildman–Crippen MR) is 53.2 cm³/mol. The molecule has 0 unspecified atom stereocenters. The van der Waals surface area contributed by atoms with Crippen molar-refractivity contribution >= 4 is 58.0 Å². The van der Waals surface area contributed by atoms with Crippen molar-refractivity contribution in [2.45, 2.75) is 0 Å². The van der Waals surface area contributed by atoms with Crippen molar-refractivity contribution in [1.29, 1.82) is 0 Å². The van der Waals surface area contributed by atoms with Crippen molar-refractivity contribution in [2.75, 3.05) is 0 Å². The molecule has 0 spiro atoms. The number of hydrogen-bond donors (Lipinski definition) is 1. The van der Waals surface area contributed by atoms with Crippen LogP contribution in [0.15, 0.2) is 0 Å². The fourth-order valence-corrected chi connectivity index (χ4v) is 1.72. The molecule has 0 aliphatic rings. The minimum Gasteiger partial charge on any atom is -0.505 e. The first-order valence-corrected chi connectivity index (χ1v) is 4.56. The molecule has 1 N–H and O–H groups in total. The molecule has 0 aliphatic heterocycles. The minimum atomic E-state index is -0.363. The van der Waals surface area contributed by atoms with Gasteiger partial charge in [0, 0.05) is 26.2 Å². The molecule has 0 aliphatic carbocycles. The average Bonchev–Trinajstić information content (AvgIpc) is 2.08. The second-order valence-electron chi connectivity index (χ2n) is 1.92. The van der Waals surface area contributed by atoms with Gasteiger partial charge in [-0.1, -0.05) is 58.0 Å². The quantitative estimate of drug-likeness (QED) is 0.529.